The van der Waals surface area contributed by atoms with Crippen molar-refractivity contribution in [3.05, 3.63) is 46.5 Å². The fourth-order valence-electron chi connectivity index (χ4n) is 3.65. The van der Waals surface area contributed by atoms with E-state index >= 15 is 0 Å². The fourth-order valence-corrected chi connectivity index (χ4v) is 3.65. The van der Waals surface area contributed by atoms with E-state index in [1.54, 1.807) is 13.0 Å². The summed E-state index contributed by atoms with van der Waals surface area (Å²) in [5.74, 6) is 0.753. The zero-order valence-electron chi connectivity index (χ0n) is 16.4. The lowest BCUT2D eigenvalue weighted by Gasteiger charge is -2.32. The molecular weight excluding hydrogens is 376 g/mol. The monoisotopic (exact) mass is 400 g/mol. The summed E-state index contributed by atoms with van der Waals surface area (Å²) in [6.45, 7) is 3.81. The van der Waals surface area contributed by atoms with Crippen LogP contribution in [-0.2, 0) is 22.5 Å². The van der Waals surface area contributed by atoms with E-state index in [9.17, 15) is 9.59 Å². The predicted octanol–water partition coefficient (Wildman–Crippen LogP) is 1.93. The van der Waals surface area contributed by atoms with E-state index in [2.05, 4.69) is 10.1 Å². The molecule has 1 amide bonds. The summed E-state index contributed by atoms with van der Waals surface area (Å²) in [5.41, 5.74) is 1.25. The Morgan fingerprint density at radius 3 is 3.03 bits per heavy atom. The molecule has 1 atom stereocenters. The van der Waals surface area contributed by atoms with Gasteiger partial charge in [0.25, 0.3) is 0 Å². The summed E-state index contributed by atoms with van der Waals surface area (Å²) in [7, 11) is 0. The average molecular weight is 400 g/mol. The Labute approximate surface area is 167 Å². The van der Waals surface area contributed by atoms with E-state index in [0.717, 1.165) is 12.8 Å². The predicted molar refractivity (Wildman–Crippen MR) is 103 cm³/mol. The molecule has 0 saturated carbocycles. The molecule has 2 aromatic heterocycles. The number of fused-ring (bicyclic) bond motifs is 1. The molecule has 1 aliphatic rings. The van der Waals surface area contributed by atoms with E-state index in [1.807, 2.05) is 23.1 Å². The number of nitrogens with zero attached hydrogens (tertiary/aromatic N) is 4. The largest absolute Gasteiger partial charge is 0.419 e. The minimum absolute atomic E-state index is 0.00169. The number of ether oxygens (including phenoxy) is 1. The number of carbonyl (C=O) groups is 1. The summed E-state index contributed by atoms with van der Waals surface area (Å²) in [5, 5.41) is 3.85. The van der Waals surface area contributed by atoms with Crippen LogP contribution in [0.15, 0.2) is 38.0 Å². The summed E-state index contributed by atoms with van der Waals surface area (Å²) >= 11 is 0. The van der Waals surface area contributed by atoms with Gasteiger partial charge >= 0.3 is 5.76 Å². The number of amides is 1. The minimum atomic E-state index is -0.435. The van der Waals surface area contributed by atoms with Gasteiger partial charge in [-0.05, 0) is 25.0 Å². The Hall–Kier alpha value is -2.94. The third-order valence-electron chi connectivity index (χ3n) is 5.10. The van der Waals surface area contributed by atoms with Crippen molar-refractivity contribution >= 4 is 17.0 Å². The summed E-state index contributed by atoms with van der Waals surface area (Å²) < 4.78 is 17.6. The van der Waals surface area contributed by atoms with E-state index in [0.29, 0.717) is 55.5 Å². The molecule has 1 aliphatic heterocycles. The highest BCUT2D eigenvalue weighted by molar-refractivity contribution is 5.77. The first-order chi connectivity index (χ1) is 14.1. The van der Waals surface area contributed by atoms with Crippen LogP contribution in [0.25, 0.3) is 11.1 Å². The maximum Gasteiger partial charge on any atom is 0.419 e. The molecular formula is C20H24N4O5. The van der Waals surface area contributed by atoms with Gasteiger partial charge in [-0.2, -0.15) is 4.98 Å². The van der Waals surface area contributed by atoms with Crippen molar-refractivity contribution in [1.29, 1.82) is 0 Å². The van der Waals surface area contributed by atoms with Gasteiger partial charge in [-0.1, -0.05) is 17.3 Å². The zero-order valence-corrected chi connectivity index (χ0v) is 16.4. The summed E-state index contributed by atoms with van der Waals surface area (Å²) in [4.78, 5) is 30.7. The second-order valence-corrected chi connectivity index (χ2v) is 7.19. The van der Waals surface area contributed by atoms with Crippen molar-refractivity contribution in [2.75, 3.05) is 19.7 Å². The van der Waals surface area contributed by atoms with Crippen molar-refractivity contribution in [3.8, 4) is 0 Å². The number of aryl methyl sites for hydroxylation is 2. The minimum Gasteiger partial charge on any atom is -0.408 e. The third kappa shape index (κ3) is 4.56. The van der Waals surface area contributed by atoms with E-state index in [1.165, 1.54) is 4.57 Å². The third-order valence-corrected chi connectivity index (χ3v) is 5.10. The van der Waals surface area contributed by atoms with Gasteiger partial charge in [-0.25, -0.2) is 4.79 Å². The number of benzene rings is 1. The number of oxazole rings is 1. The molecule has 3 aromatic rings. The summed E-state index contributed by atoms with van der Waals surface area (Å²) in [6, 6.07) is 7.23. The second-order valence-electron chi connectivity index (χ2n) is 7.19. The van der Waals surface area contributed by atoms with Crippen LogP contribution in [0.1, 0.15) is 31.0 Å². The first-order valence-electron chi connectivity index (χ1n) is 9.87. The first-order valence-corrected chi connectivity index (χ1v) is 9.87. The Bertz CT molecular complexity index is 1040. The van der Waals surface area contributed by atoms with Gasteiger partial charge in [-0.3, -0.25) is 9.36 Å². The van der Waals surface area contributed by atoms with Crippen molar-refractivity contribution in [3.63, 3.8) is 0 Å². The number of hydrogen-bond acceptors (Lipinski definition) is 7. The normalized spacial score (nSPS) is 17.1. The highest BCUT2D eigenvalue weighted by Gasteiger charge is 2.24. The molecule has 9 nitrogen and oxygen atoms in total. The van der Waals surface area contributed by atoms with E-state index in [4.69, 9.17) is 13.7 Å². The van der Waals surface area contributed by atoms with E-state index < -0.39 is 5.76 Å². The maximum absolute atomic E-state index is 12.7. The van der Waals surface area contributed by atoms with Crippen LogP contribution in [0.5, 0.6) is 0 Å². The number of para-hydroxylation sites is 2. The Balaban J connectivity index is 1.28. The molecule has 0 N–H and O–H groups in total. The lowest BCUT2D eigenvalue weighted by Crippen LogP contribution is -2.43. The fraction of sp³-hybridized carbons (Fsp3) is 0.500. The van der Waals surface area contributed by atoms with Gasteiger partial charge in [-0.15, -0.1) is 0 Å². The average Bonchev–Trinajstić information content (AvgIpc) is 3.28. The highest BCUT2D eigenvalue weighted by Crippen LogP contribution is 2.16. The molecule has 1 fully saturated rings. The van der Waals surface area contributed by atoms with Gasteiger partial charge < -0.3 is 18.6 Å². The highest BCUT2D eigenvalue weighted by atomic mass is 16.5. The molecule has 0 spiro atoms. The first kappa shape index (κ1) is 19.4. The van der Waals surface area contributed by atoms with Gasteiger partial charge in [0, 0.05) is 39.4 Å². The van der Waals surface area contributed by atoms with Crippen molar-refractivity contribution < 1.29 is 18.5 Å². The zero-order chi connectivity index (χ0) is 20.2. The van der Waals surface area contributed by atoms with Crippen LogP contribution in [-0.4, -0.2) is 51.3 Å². The Kier molecular flexibility index (Phi) is 5.75. The summed E-state index contributed by atoms with van der Waals surface area (Å²) in [6.07, 6.45) is 2.64. The van der Waals surface area contributed by atoms with Gasteiger partial charge in [0.15, 0.2) is 11.4 Å². The standard InChI is InChI=1S/C20H24N4O5/c1-14-21-18(22-29-14)9-12-27-15-5-4-10-23(13-15)19(25)8-11-24-16-6-2-3-7-17(16)28-20(24)26/h2-3,6-7,15H,4-5,8-13H2,1H3. The molecule has 1 saturated heterocycles. The van der Waals surface area contributed by atoms with Crippen LogP contribution >= 0.6 is 0 Å². The van der Waals surface area contributed by atoms with Gasteiger partial charge in [0.1, 0.15) is 0 Å². The van der Waals surface area contributed by atoms with Crippen LogP contribution < -0.4 is 5.76 Å². The van der Waals surface area contributed by atoms with Gasteiger partial charge in [0.2, 0.25) is 11.8 Å². The molecule has 0 bridgehead atoms. The van der Waals surface area contributed by atoms with Crippen LogP contribution in [0.3, 0.4) is 0 Å². The Morgan fingerprint density at radius 2 is 2.21 bits per heavy atom. The van der Waals surface area contributed by atoms with Crippen LogP contribution in [0, 0.1) is 6.92 Å². The van der Waals surface area contributed by atoms with Crippen molar-refractivity contribution in [1.82, 2.24) is 19.6 Å². The Morgan fingerprint density at radius 1 is 1.34 bits per heavy atom. The van der Waals surface area contributed by atoms with Crippen LogP contribution in [0.2, 0.25) is 0 Å². The molecule has 1 aromatic carbocycles. The molecule has 3 heterocycles. The van der Waals surface area contributed by atoms with Crippen LogP contribution in [0.4, 0.5) is 0 Å². The maximum atomic E-state index is 12.7. The SMILES string of the molecule is Cc1nc(CCOC2CCCN(C(=O)CCn3c(=O)oc4ccccc43)C2)no1. The topological polar surface area (TPSA) is 104 Å². The molecule has 29 heavy (non-hydrogen) atoms. The molecule has 0 aliphatic carbocycles. The quantitative estimate of drug-likeness (QED) is 0.597. The van der Waals surface area contributed by atoms with Gasteiger partial charge in [0.05, 0.1) is 18.2 Å². The number of aromatic nitrogens is 3. The number of likely N-dealkylation sites (tertiary alicyclic amines) is 1. The molecule has 1 unspecified atom stereocenters. The molecule has 154 valence electrons. The van der Waals surface area contributed by atoms with Crippen molar-refractivity contribution in [2.24, 2.45) is 0 Å². The number of hydrogen-bond donors (Lipinski definition) is 0. The van der Waals surface area contributed by atoms with Crippen molar-refractivity contribution in [2.45, 2.75) is 45.3 Å². The lowest BCUT2D eigenvalue weighted by molar-refractivity contribution is -0.135. The smallest absolute Gasteiger partial charge is 0.408 e. The number of rotatable bonds is 7. The molecule has 9 heteroatoms. The number of piperidine rings is 1. The molecule has 0 radical (unpaired) electrons. The van der Waals surface area contributed by atoms with E-state index in [-0.39, 0.29) is 18.4 Å². The number of carbonyl (C=O) groups excluding carboxylic acids is 1. The second kappa shape index (κ2) is 8.60. The molecule has 4 rings (SSSR count). The lowest BCUT2D eigenvalue weighted by atomic mass is 10.1.